The molecule has 0 aliphatic rings. The van der Waals surface area contributed by atoms with Gasteiger partial charge in [0.15, 0.2) is 6.10 Å². The van der Waals surface area contributed by atoms with Crippen LogP contribution in [0.3, 0.4) is 0 Å². The average Bonchev–Trinajstić information content (AvgIpc) is 2.86. The lowest BCUT2D eigenvalue weighted by molar-refractivity contribution is -0.284. The summed E-state index contributed by atoms with van der Waals surface area (Å²) in [5, 5.41) is 9.21. The van der Waals surface area contributed by atoms with Gasteiger partial charge in [0.1, 0.15) is 18.1 Å². The Morgan fingerprint density at radius 2 is 1.54 bits per heavy atom. The number of hydrogen-bond donors (Lipinski definition) is 1. The molecule has 0 saturated heterocycles. The zero-order valence-corrected chi connectivity index (χ0v) is 21.7. The summed E-state index contributed by atoms with van der Waals surface area (Å²) in [6.07, 6.45) is -9.18. The summed E-state index contributed by atoms with van der Waals surface area (Å²) in [5.41, 5.74) is 1.65. The van der Waals surface area contributed by atoms with Crippen molar-refractivity contribution in [3.63, 3.8) is 0 Å². The van der Waals surface area contributed by atoms with Gasteiger partial charge in [0.25, 0.3) is 0 Å². The number of nitrogens with zero attached hydrogens (tertiary/aromatic N) is 1. The number of halogens is 5. The van der Waals surface area contributed by atoms with Crippen molar-refractivity contribution in [2.45, 2.75) is 57.7 Å². The first kappa shape index (κ1) is 31.8. The molecule has 12 heteroatoms. The van der Waals surface area contributed by atoms with Crippen LogP contribution in [0.5, 0.6) is 11.5 Å². The van der Waals surface area contributed by atoms with E-state index in [0.29, 0.717) is 11.3 Å². The quantitative estimate of drug-likeness (QED) is 0.204. The van der Waals surface area contributed by atoms with Crippen molar-refractivity contribution in [2.24, 2.45) is 0 Å². The number of carboxylic acids is 1. The Morgan fingerprint density at radius 1 is 0.923 bits per heavy atom. The molecule has 0 heterocycles. The summed E-state index contributed by atoms with van der Waals surface area (Å²) in [4.78, 5) is 25.1. The molecule has 0 saturated carbocycles. The van der Waals surface area contributed by atoms with Crippen LogP contribution in [0, 0.1) is 6.92 Å². The molecule has 1 amide bonds. The van der Waals surface area contributed by atoms with Gasteiger partial charge in [-0.25, -0.2) is 9.59 Å². The van der Waals surface area contributed by atoms with Crippen LogP contribution < -0.4 is 9.47 Å². The molecule has 7 nitrogen and oxygen atoms in total. The minimum Gasteiger partial charge on any atom is -0.492 e. The number of carbonyl (C=O) groups excluding carboxylic acids is 1. The van der Waals surface area contributed by atoms with Gasteiger partial charge in [0.05, 0.1) is 6.54 Å². The fourth-order valence-corrected chi connectivity index (χ4v) is 3.49. The predicted molar refractivity (Wildman–Crippen MR) is 132 cm³/mol. The van der Waals surface area contributed by atoms with Gasteiger partial charge in [0.2, 0.25) is 0 Å². The zero-order valence-electron chi connectivity index (χ0n) is 21.7. The molecule has 1 N–H and O–H groups in total. The second-order valence-corrected chi connectivity index (χ2v) is 8.81. The molecule has 216 valence electrons. The number of benzene rings is 2. The van der Waals surface area contributed by atoms with Gasteiger partial charge in [-0.3, -0.25) is 0 Å². The zero-order chi connectivity index (χ0) is 29.1. The monoisotopic (exact) mass is 561 g/mol. The average molecular weight is 562 g/mol. The number of alkyl halides is 5. The van der Waals surface area contributed by atoms with Gasteiger partial charge in [-0.15, -0.1) is 0 Å². The molecule has 0 spiro atoms. The van der Waals surface area contributed by atoms with Crippen molar-refractivity contribution >= 4 is 12.1 Å². The molecule has 0 fully saturated rings. The van der Waals surface area contributed by atoms with E-state index in [1.807, 2.05) is 6.92 Å². The minimum absolute atomic E-state index is 0.0161. The predicted octanol–water partition coefficient (Wildman–Crippen LogP) is 6.27. The van der Waals surface area contributed by atoms with Gasteiger partial charge in [0, 0.05) is 26.0 Å². The van der Waals surface area contributed by atoms with Crippen LogP contribution in [-0.2, 0) is 16.0 Å². The highest BCUT2D eigenvalue weighted by Crippen LogP contribution is 2.39. The van der Waals surface area contributed by atoms with Gasteiger partial charge in [-0.05, 0) is 56.5 Å². The fourth-order valence-electron chi connectivity index (χ4n) is 3.49. The second-order valence-electron chi connectivity index (χ2n) is 8.81. The lowest BCUT2D eigenvalue weighted by atomic mass is 10.1. The first-order valence-corrected chi connectivity index (χ1v) is 12.4. The van der Waals surface area contributed by atoms with Crippen LogP contribution in [-0.4, -0.2) is 66.6 Å². The maximum Gasteiger partial charge on any atom is 0.453 e. The van der Waals surface area contributed by atoms with Crippen molar-refractivity contribution in [1.29, 1.82) is 0 Å². The number of ether oxygens (including phenoxy) is 3. The molecule has 1 atom stereocenters. The maximum absolute atomic E-state index is 13.2. The molecule has 0 aromatic heterocycles. The van der Waals surface area contributed by atoms with Gasteiger partial charge < -0.3 is 24.2 Å². The highest BCUT2D eigenvalue weighted by atomic mass is 19.4. The van der Waals surface area contributed by atoms with Crippen molar-refractivity contribution < 1.29 is 50.9 Å². The Hall–Kier alpha value is -3.41. The Labute approximate surface area is 223 Å². The van der Waals surface area contributed by atoms with Gasteiger partial charge in [-0.2, -0.15) is 22.0 Å². The summed E-state index contributed by atoms with van der Waals surface area (Å²) in [6.45, 7) is 3.65. The number of hydrogen-bond acceptors (Lipinski definition) is 5. The normalized spacial score (nSPS) is 12.6. The van der Waals surface area contributed by atoms with E-state index in [4.69, 9.17) is 14.2 Å². The smallest absolute Gasteiger partial charge is 0.453 e. The number of unbranched alkanes of at least 4 members (excludes halogenated alkanes) is 1. The summed E-state index contributed by atoms with van der Waals surface area (Å²) in [6, 6.07) is 13.2. The van der Waals surface area contributed by atoms with Crippen molar-refractivity contribution in [2.75, 3.05) is 26.3 Å². The van der Waals surface area contributed by atoms with Crippen LogP contribution in [0.2, 0.25) is 0 Å². The van der Waals surface area contributed by atoms with Crippen molar-refractivity contribution in [3.8, 4) is 11.5 Å². The third-order valence-electron chi connectivity index (χ3n) is 5.69. The highest BCUT2D eigenvalue weighted by Gasteiger charge is 2.56. The Balaban J connectivity index is 1.95. The Kier molecular flexibility index (Phi) is 12.0. The third kappa shape index (κ3) is 10.7. The summed E-state index contributed by atoms with van der Waals surface area (Å²) >= 11 is 0. The van der Waals surface area contributed by atoms with Gasteiger partial charge >= 0.3 is 24.2 Å². The molecule has 0 aliphatic heterocycles. The van der Waals surface area contributed by atoms with E-state index in [-0.39, 0.29) is 44.9 Å². The number of carboxylic acid groups (broad SMARTS) is 1. The molecular weight excluding hydrogens is 529 g/mol. The summed E-state index contributed by atoms with van der Waals surface area (Å²) in [7, 11) is 0. The van der Waals surface area contributed by atoms with E-state index in [1.165, 1.54) is 4.90 Å². The van der Waals surface area contributed by atoms with Crippen LogP contribution >= 0.6 is 0 Å². The van der Waals surface area contributed by atoms with E-state index in [2.05, 4.69) is 0 Å². The number of aliphatic carboxylic acids is 1. The van der Waals surface area contributed by atoms with Crippen LogP contribution in [0.4, 0.5) is 26.7 Å². The lowest BCUT2D eigenvalue weighted by Gasteiger charge is -2.23. The largest absolute Gasteiger partial charge is 0.492 e. The molecule has 2 rings (SSSR count). The molecular formula is C27H32F5NO6. The number of rotatable bonds is 15. The topological polar surface area (TPSA) is 85.3 Å². The van der Waals surface area contributed by atoms with E-state index in [0.717, 1.165) is 5.56 Å². The summed E-state index contributed by atoms with van der Waals surface area (Å²) in [5.74, 6) is -5.19. The molecule has 39 heavy (non-hydrogen) atoms. The number of amides is 1. The Bertz CT molecular complexity index is 1040. The second kappa shape index (κ2) is 14.7. The molecule has 0 bridgehead atoms. The standard InChI is InChI=1S/C27H32F5NO6/c1-3-37-23(24(34)35)18-20-8-12-21(13-9-20)38-17-16-33(15-5-4-14-26(28,29)27(30,31)32)25(36)39-22-10-6-19(2)7-11-22/h6-13,23H,3-5,14-18H2,1-2H3,(H,34,35). The molecule has 2 aromatic carbocycles. The third-order valence-corrected chi connectivity index (χ3v) is 5.69. The lowest BCUT2D eigenvalue weighted by Crippen LogP contribution is -2.38. The number of carbonyl (C=O) groups is 2. The maximum atomic E-state index is 13.2. The SMILES string of the molecule is CCOC(Cc1ccc(OCCN(CCCCC(F)(F)C(F)(F)F)C(=O)Oc2ccc(C)cc2)cc1)C(=O)O. The molecule has 1 unspecified atom stereocenters. The molecule has 0 aliphatic carbocycles. The first-order chi connectivity index (χ1) is 18.3. The highest BCUT2D eigenvalue weighted by molar-refractivity contribution is 5.72. The van der Waals surface area contributed by atoms with Crippen LogP contribution in [0.15, 0.2) is 48.5 Å². The van der Waals surface area contributed by atoms with Crippen molar-refractivity contribution in [3.05, 3.63) is 59.7 Å². The Morgan fingerprint density at radius 3 is 2.10 bits per heavy atom. The van der Waals surface area contributed by atoms with Crippen molar-refractivity contribution in [1.82, 2.24) is 4.90 Å². The van der Waals surface area contributed by atoms with E-state index in [9.17, 15) is 36.6 Å². The van der Waals surface area contributed by atoms with E-state index < -0.39 is 43.1 Å². The molecule has 2 aromatic rings. The number of aryl methyl sites for hydroxylation is 1. The minimum atomic E-state index is -5.63. The van der Waals surface area contributed by atoms with Crippen LogP contribution in [0.25, 0.3) is 0 Å². The van der Waals surface area contributed by atoms with E-state index >= 15 is 0 Å². The first-order valence-electron chi connectivity index (χ1n) is 12.4. The fraction of sp³-hybridized carbons (Fsp3) is 0.481. The molecule has 0 radical (unpaired) electrons. The van der Waals surface area contributed by atoms with E-state index in [1.54, 1.807) is 55.5 Å². The summed E-state index contributed by atoms with van der Waals surface area (Å²) < 4.78 is 79.9. The van der Waals surface area contributed by atoms with Crippen LogP contribution in [0.1, 0.15) is 37.3 Å². The van der Waals surface area contributed by atoms with Gasteiger partial charge in [-0.1, -0.05) is 29.8 Å².